The predicted octanol–water partition coefficient (Wildman–Crippen LogP) is 1.39. The normalized spacial score (nSPS) is 11.2. The molecule has 4 heteroatoms. The summed E-state index contributed by atoms with van der Waals surface area (Å²) >= 11 is 0. The van der Waals surface area contributed by atoms with Gasteiger partial charge in [0.15, 0.2) is 0 Å². The van der Waals surface area contributed by atoms with Crippen molar-refractivity contribution in [1.29, 1.82) is 0 Å². The van der Waals surface area contributed by atoms with E-state index in [0.29, 0.717) is 16.6 Å². The monoisotopic (exact) mass is 224 g/mol. The largest absolute Gasteiger partial charge is 0.507 e. The summed E-state index contributed by atoms with van der Waals surface area (Å²) in [6, 6.07) is 4.75. The lowest BCUT2D eigenvalue weighted by atomic mass is 10.1. The maximum atomic E-state index is 11.3. The van der Waals surface area contributed by atoms with E-state index < -0.39 is 0 Å². The van der Waals surface area contributed by atoms with E-state index in [9.17, 15) is 9.90 Å². The van der Waals surface area contributed by atoms with Crippen LogP contribution in [0.4, 0.5) is 0 Å². The summed E-state index contributed by atoms with van der Waals surface area (Å²) in [6.07, 6.45) is 0. The number of methoxy groups -OCH3 is 1. The van der Waals surface area contributed by atoms with Crippen molar-refractivity contribution in [2.75, 3.05) is 28.3 Å². The highest BCUT2D eigenvalue weighted by atomic mass is 16.5. The van der Waals surface area contributed by atoms with Crippen molar-refractivity contribution in [2.24, 2.45) is 0 Å². The van der Waals surface area contributed by atoms with E-state index in [1.807, 2.05) is 21.1 Å². The molecule has 0 aliphatic heterocycles. The molecule has 88 valence electrons. The van der Waals surface area contributed by atoms with Gasteiger partial charge in [0.25, 0.3) is 0 Å². The number of aromatic hydroxyl groups is 1. The number of carbonyl (C=O) groups excluding carboxylic acids is 1. The average molecular weight is 224 g/mol. The summed E-state index contributed by atoms with van der Waals surface area (Å²) in [5, 5.41) is 9.69. The van der Waals surface area contributed by atoms with Gasteiger partial charge in [0.2, 0.25) is 0 Å². The smallest absolute Gasteiger partial charge is 0.337 e. The molecular formula is C12H18NO3+. The summed E-state index contributed by atoms with van der Waals surface area (Å²) in [7, 11) is 7.40. The van der Waals surface area contributed by atoms with Crippen LogP contribution in [0.1, 0.15) is 15.9 Å². The quantitative estimate of drug-likeness (QED) is 0.623. The van der Waals surface area contributed by atoms with Crippen LogP contribution in [-0.4, -0.2) is 43.8 Å². The van der Waals surface area contributed by atoms with Crippen molar-refractivity contribution in [3.63, 3.8) is 0 Å². The van der Waals surface area contributed by atoms with Gasteiger partial charge in [-0.1, -0.05) is 0 Å². The molecule has 1 aromatic rings. The molecular weight excluding hydrogens is 206 g/mol. The van der Waals surface area contributed by atoms with E-state index in [0.717, 1.165) is 5.56 Å². The lowest BCUT2D eigenvalue weighted by molar-refractivity contribution is -0.884. The molecule has 0 atom stereocenters. The number of phenolic OH excluding ortho intramolecular Hbond substituents is 1. The van der Waals surface area contributed by atoms with Crippen LogP contribution in [0.25, 0.3) is 0 Å². The number of esters is 1. The van der Waals surface area contributed by atoms with Gasteiger partial charge in [-0.05, 0) is 18.2 Å². The summed E-state index contributed by atoms with van der Waals surface area (Å²) in [5.41, 5.74) is 1.21. The van der Waals surface area contributed by atoms with Crippen molar-refractivity contribution in [3.05, 3.63) is 29.3 Å². The third-order valence-corrected chi connectivity index (χ3v) is 2.15. The summed E-state index contributed by atoms with van der Waals surface area (Å²) < 4.78 is 5.31. The van der Waals surface area contributed by atoms with Gasteiger partial charge in [-0.15, -0.1) is 0 Å². The molecule has 0 amide bonds. The highest BCUT2D eigenvalue weighted by molar-refractivity contribution is 5.89. The van der Waals surface area contributed by atoms with Gasteiger partial charge in [-0.25, -0.2) is 4.79 Å². The number of ether oxygens (including phenoxy) is 1. The topological polar surface area (TPSA) is 46.5 Å². The Morgan fingerprint density at radius 2 is 2.00 bits per heavy atom. The van der Waals surface area contributed by atoms with Gasteiger partial charge < -0.3 is 14.3 Å². The minimum atomic E-state index is -0.386. The first-order chi connectivity index (χ1) is 7.33. The van der Waals surface area contributed by atoms with E-state index >= 15 is 0 Å². The second-order valence-electron chi connectivity index (χ2n) is 4.78. The van der Waals surface area contributed by atoms with Gasteiger partial charge in [0.1, 0.15) is 12.3 Å². The third kappa shape index (κ3) is 3.24. The zero-order valence-electron chi connectivity index (χ0n) is 10.2. The number of benzene rings is 1. The van der Waals surface area contributed by atoms with Crippen molar-refractivity contribution >= 4 is 5.97 Å². The minimum Gasteiger partial charge on any atom is -0.507 e. The first kappa shape index (κ1) is 12.5. The Kier molecular flexibility index (Phi) is 3.55. The molecule has 0 spiro atoms. The number of hydrogen-bond donors (Lipinski definition) is 1. The maximum Gasteiger partial charge on any atom is 0.337 e. The highest BCUT2D eigenvalue weighted by Crippen LogP contribution is 2.21. The van der Waals surface area contributed by atoms with Crippen LogP contribution >= 0.6 is 0 Å². The predicted molar refractivity (Wildman–Crippen MR) is 61.2 cm³/mol. The number of quaternary nitrogens is 1. The molecule has 1 aromatic carbocycles. The molecule has 0 radical (unpaired) electrons. The summed E-state index contributed by atoms with van der Waals surface area (Å²) in [4.78, 5) is 11.3. The molecule has 0 aliphatic carbocycles. The number of nitrogens with zero attached hydrogens (tertiary/aromatic N) is 1. The van der Waals surface area contributed by atoms with Crippen molar-refractivity contribution in [3.8, 4) is 5.75 Å². The number of rotatable bonds is 3. The Bertz CT molecular complexity index is 394. The molecule has 0 heterocycles. The van der Waals surface area contributed by atoms with E-state index in [1.165, 1.54) is 13.2 Å². The fraction of sp³-hybridized carbons (Fsp3) is 0.417. The third-order valence-electron chi connectivity index (χ3n) is 2.15. The van der Waals surface area contributed by atoms with Gasteiger partial charge >= 0.3 is 5.97 Å². The molecule has 1 rings (SSSR count). The van der Waals surface area contributed by atoms with Gasteiger partial charge in [-0.3, -0.25) is 0 Å². The molecule has 0 bridgehead atoms. The van der Waals surface area contributed by atoms with Crippen LogP contribution in [-0.2, 0) is 11.3 Å². The Morgan fingerprint density at radius 3 is 2.50 bits per heavy atom. The molecule has 0 fully saturated rings. The molecule has 0 saturated heterocycles. The molecule has 0 aliphatic rings. The lowest BCUT2D eigenvalue weighted by Gasteiger charge is -2.24. The lowest BCUT2D eigenvalue weighted by Crippen LogP contribution is -2.33. The van der Waals surface area contributed by atoms with Gasteiger partial charge in [0.05, 0.1) is 33.8 Å². The van der Waals surface area contributed by atoms with Crippen molar-refractivity contribution in [2.45, 2.75) is 6.54 Å². The summed E-state index contributed by atoms with van der Waals surface area (Å²) in [5.74, 6) is -0.177. The molecule has 0 aromatic heterocycles. The van der Waals surface area contributed by atoms with Crippen LogP contribution in [0, 0.1) is 0 Å². The van der Waals surface area contributed by atoms with Crippen molar-refractivity contribution < 1.29 is 19.1 Å². The van der Waals surface area contributed by atoms with Crippen LogP contribution in [0.5, 0.6) is 5.75 Å². The second kappa shape index (κ2) is 4.53. The Morgan fingerprint density at radius 1 is 1.38 bits per heavy atom. The second-order valence-corrected chi connectivity index (χ2v) is 4.78. The van der Waals surface area contributed by atoms with E-state index in [2.05, 4.69) is 4.74 Å². The van der Waals surface area contributed by atoms with Crippen LogP contribution < -0.4 is 0 Å². The Balaban J connectivity index is 3.04. The van der Waals surface area contributed by atoms with E-state index in [1.54, 1.807) is 12.1 Å². The van der Waals surface area contributed by atoms with Gasteiger partial charge in [-0.2, -0.15) is 0 Å². The number of hydrogen-bond acceptors (Lipinski definition) is 3. The zero-order chi connectivity index (χ0) is 12.3. The SMILES string of the molecule is COC(=O)c1ccc(O)c(C[N+](C)(C)C)c1. The van der Waals surface area contributed by atoms with Crippen LogP contribution in [0.3, 0.4) is 0 Å². The Labute approximate surface area is 95.7 Å². The van der Waals surface area contributed by atoms with E-state index in [-0.39, 0.29) is 11.7 Å². The molecule has 16 heavy (non-hydrogen) atoms. The Hall–Kier alpha value is -1.55. The fourth-order valence-corrected chi connectivity index (χ4v) is 1.47. The maximum absolute atomic E-state index is 11.3. The molecule has 4 nitrogen and oxygen atoms in total. The molecule has 0 unspecified atom stereocenters. The highest BCUT2D eigenvalue weighted by Gasteiger charge is 2.15. The number of carbonyl (C=O) groups is 1. The first-order valence-electron chi connectivity index (χ1n) is 5.04. The zero-order valence-corrected chi connectivity index (χ0v) is 10.2. The van der Waals surface area contributed by atoms with E-state index in [4.69, 9.17) is 0 Å². The molecule has 1 N–H and O–H groups in total. The first-order valence-corrected chi connectivity index (χ1v) is 5.04. The van der Waals surface area contributed by atoms with Crippen molar-refractivity contribution in [1.82, 2.24) is 0 Å². The molecule has 0 saturated carbocycles. The van der Waals surface area contributed by atoms with Crippen LogP contribution in [0.15, 0.2) is 18.2 Å². The van der Waals surface area contributed by atoms with Gasteiger partial charge in [0, 0.05) is 5.56 Å². The number of phenols is 1. The fourth-order valence-electron chi connectivity index (χ4n) is 1.47. The average Bonchev–Trinajstić information content (AvgIpc) is 2.18. The van der Waals surface area contributed by atoms with Crippen LogP contribution in [0.2, 0.25) is 0 Å². The summed E-state index contributed by atoms with van der Waals surface area (Å²) in [6.45, 7) is 0.649. The minimum absolute atomic E-state index is 0.209. The standard InChI is InChI=1S/C12H17NO3/c1-13(2,3)8-10-7-9(12(15)16-4)5-6-11(10)14/h5-7H,8H2,1-4H3/p+1.